The highest BCUT2D eigenvalue weighted by Crippen LogP contribution is 2.00. The summed E-state index contributed by atoms with van der Waals surface area (Å²) in [6, 6.07) is 1.72. The van der Waals surface area contributed by atoms with E-state index in [1.807, 2.05) is 0 Å². The molecule has 0 atom stereocenters. The van der Waals surface area contributed by atoms with Crippen LogP contribution >= 0.6 is 0 Å². The van der Waals surface area contributed by atoms with Crippen molar-refractivity contribution in [3.63, 3.8) is 0 Å². The summed E-state index contributed by atoms with van der Waals surface area (Å²) in [6.07, 6.45) is 4.35. The van der Waals surface area contributed by atoms with Crippen molar-refractivity contribution < 1.29 is 0 Å². The summed E-state index contributed by atoms with van der Waals surface area (Å²) in [7, 11) is 0. The molecule has 0 amide bonds. The van der Waals surface area contributed by atoms with Crippen LogP contribution in [0.3, 0.4) is 0 Å². The molecule has 3 nitrogen and oxygen atoms in total. The molecule has 0 aromatic carbocycles. The molecule has 1 rings (SSSR count). The van der Waals surface area contributed by atoms with Gasteiger partial charge in [-0.3, -0.25) is 0 Å². The predicted molar refractivity (Wildman–Crippen MR) is 40.0 cm³/mol. The molecule has 0 radical (unpaired) electrons. The van der Waals surface area contributed by atoms with Crippen molar-refractivity contribution in [1.82, 2.24) is 10.2 Å². The number of nitrogens with one attached hydrogen (secondary N) is 1. The van der Waals surface area contributed by atoms with E-state index in [2.05, 4.69) is 16.8 Å². The fraction of sp³-hybridized carbons (Fsp3) is 0. The van der Waals surface area contributed by atoms with Crippen LogP contribution in [0.5, 0.6) is 0 Å². The van der Waals surface area contributed by atoms with Crippen molar-refractivity contribution in [2.45, 2.75) is 0 Å². The third-order valence-corrected chi connectivity index (χ3v) is 1.13. The van der Waals surface area contributed by atoms with E-state index in [9.17, 15) is 0 Å². The molecule has 0 aliphatic heterocycles. The predicted octanol–water partition coefficient (Wildman–Crippen LogP) is 1.12. The van der Waals surface area contributed by atoms with Gasteiger partial charge in [-0.25, -0.2) is 0 Å². The first-order valence-electron chi connectivity index (χ1n) is 2.83. The number of hydrogen-bond acceptors (Lipinski definition) is 3. The van der Waals surface area contributed by atoms with Crippen LogP contribution in [-0.4, -0.2) is 16.4 Å². The standard InChI is InChI=1S/C7H7N3/c1-2-7-6(5-8)3-4-9-10-7/h2-5,8H,1H2. The van der Waals surface area contributed by atoms with Crippen molar-refractivity contribution in [1.29, 1.82) is 5.41 Å². The molecule has 1 aromatic rings. The summed E-state index contributed by atoms with van der Waals surface area (Å²) in [5, 5.41) is 14.3. The van der Waals surface area contributed by atoms with Crippen LogP contribution in [-0.2, 0) is 0 Å². The normalized spacial score (nSPS) is 8.80. The van der Waals surface area contributed by atoms with Gasteiger partial charge in [-0.05, 0) is 12.1 Å². The lowest BCUT2D eigenvalue weighted by molar-refractivity contribution is 1.01. The first-order valence-corrected chi connectivity index (χ1v) is 2.83. The molecule has 10 heavy (non-hydrogen) atoms. The summed E-state index contributed by atoms with van der Waals surface area (Å²) in [5.74, 6) is 0. The van der Waals surface area contributed by atoms with Gasteiger partial charge in [0.1, 0.15) is 0 Å². The second kappa shape index (κ2) is 2.87. The molecule has 3 heteroatoms. The Morgan fingerprint density at radius 1 is 1.60 bits per heavy atom. The van der Waals surface area contributed by atoms with Gasteiger partial charge in [-0.1, -0.05) is 6.58 Å². The zero-order chi connectivity index (χ0) is 7.40. The molecule has 1 heterocycles. The van der Waals surface area contributed by atoms with E-state index in [0.29, 0.717) is 5.69 Å². The lowest BCUT2D eigenvalue weighted by atomic mass is 10.2. The Labute approximate surface area is 58.9 Å². The van der Waals surface area contributed by atoms with Gasteiger partial charge in [0.25, 0.3) is 0 Å². The first kappa shape index (κ1) is 6.61. The number of nitrogens with zero attached hydrogens (tertiary/aromatic N) is 2. The molecular formula is C7H7N3. The van der Waals surface area contributed by atoms with Crippen LogP contribution in [0.15, 0.2) is 18.8 Å². The summed E-state index contributed by atoms with van der Waals surface area (Å²) in [5.41, 5.74) is 1.39. The van der Waals surface area contributed by atoms with Crippen LogP contribution in [0.4, 0.5) is 0 Å². The second-order valence-corrected chi connectivity index (χ2v) is 1.72. The summed E-state index contributed by atoms with van der Waals surface area (Å²) in [6.45, 7) is 3.53. The smallest absolute Gasteiger partial charge is 0.0938 e. The van der Waals surface area contributed by atoms with E-state index < -0.39 is 0 Å². The zero-order valence-corrected chi connectivity index (χ0v) is 5.41. The molecule has 0 saturated carbocycles. The fourth-order valence-electron chi connectivity index (χ4n) is 0.633. The van der Waals surface area contributed by atoms with E-state index in [1.165, 1.54) is 6.21 Å². The highest BCUT2D eigenvalue weighted by atomic mass is 15.1. The van der Waals surface area contributed by atoms with Crippen LogP contribution in [0.1, 0.15) is 11.3 Å². The Balaban J connectivity index is 3.20. The van der Waals surface area contributed by atoms with Crippen molar-refractivity contribution in [3.05, 3.63) is 30.1 Å². The van der Waals surface area contributed by atoms with Gasteiger partial charge in [0, 0.05) is 11.8 Å². The Hall–Kier alpha value is -1.51. The van der Waals surface area contributed by atoms with E-state index in [4.69, 9.17) is 5.41 Å². The van der Waals surface area contributed by atoms with Crippen LogP contribution in [0.2, 0.25) is 0 Å². The maximum absolute atomic E-state index is 6.95. The minimum atomic E-state index is 0.650. The minimum Gasteiger partial charge on any atom is -0.308 e. The molecule has 0 spiro atoms. The van der Waals surface area contributed by atoms with Gasteiger partial charge in [-0.2, -0.15) is 10.2 Å². The molecule has 0 aliphatic rings. The molecule has 0 fully saturated rings. The first-order chi connectivity index (χ1) is 4.88. The van der Waals surface area contributed by atoms with E-state index in [1.54, 1.807) is 18.3 Å². The highest BCUT2D eigenvalue weighted by Gasteiger charge is 1.93. The van der Waals surface area contributed by atoms with Crippen molar-refractivity contribution in [3.8, 4) is 0 Å². The Morgan fingerprint density at radius 2 is 2.40 bits per heavy atom. The quantitative estimate of drug-likeness (QED) is 0.614. The van der Waals surface area contributed by atoms with Crippen molar-refractivity contribution in [2.24, 2.45) is 0 Å². The maximum atomic E-state index is 6.95. The van der Waals surface area contributed by atoms with Crippen LogP contribution < -0.4 is 0 Å². The fourth-order valence-corrected chi connectivity index (χ4v) is 0.633. The molecule has 0 bridgehead atoms. The van der Waals surface area contributed by atoms with E-state index in [-0.39, 0.29) is 0 Å². The number of rotatable bonds is 2. The summed E-state index contributed by atoms with van der Waals surface area (Å²) < 4.78 is 0. The van der Waals surface area contributed by atoms with E-state index >= 15 is 0 Å². The average molecular weight is 133 g/mol. The lowest BCUT2D eigenvalue weighted by Crippen LogP contribution is -1.91. The monoisotopic (exact) mass is 133 g/mol. The maximum Gasteiger partial charge on any atom is 0.0938 e. The number of hydrogen-bond donors (Lipinski definition) is 1. The molecule has 50 valence electrons. The summed E-state index contributed by atoms with van der Waals surface area (Å²) in [4.78, 5) is 0. The van der Waals surface area contributed by atoms with Crippen LogP contribution in [0, 0.1) is 5.41 Å². The van der Waals surface area contributed by atoms with Gasteiger partial charge in [-0.15, -0.1) is 0 Å². The SMILES string of the molecule is C=Cc1nnccc1C=N. The van der Waals surface area contributed by atoms with Gasteiger partial charge in [0.05, 0.1) is 11.9 Å². The molecule has 0 aliphatic carbocycles. The largest absolute Gasteiger partial charge is 0.308 e. The zero-order valence-electron chi connectivity index (χ0n) is 5.41. The lowest BCUT2D eigenvalue weighted by Gasteiger charge is -1.93. The Morgan fingerprint density at radius 3 is 2.90 bits per heavy atom. The third-order valence-electron chi connectivity index (χ3n) is 1.13. The van der Waals surface area contributed by atoms with E-state index in [0.717, 1.165) is 5.56 Å². The highest BCUT2D eigenvalue weighted by molar-refractivity contribution is 5.81. The number of aromatic nitrogens is 2. The average Bonchev–Trinajstić information content (AvgIpc) is 2.04. The topological polar surface area (TPSA) is 49.6 Å². The van der Waals surface area contributed by atoms with Gasteiger partial charge in [0.2, 0.25) is 0 Å². The Kier molecular flexibility index (Phi) is 1.89. The summed E-state index contributed by atoms with van der Waals surface area (Å²) >= 11 is 0. The minimum absolute atomic E-state index is 0.650. The second-order valence-electron chi connectivity index (χ2n) is 1.72. The van der Waals surface area contributed by atoms with Crippen LogP contribution in [0.25, 0.3) is 6.08 Å². The van der Waals surface area contributed by atoms with Crippen molar-refractivity contribution >= 4 is 12.3 Å². The van der Waals surface area contributed by atoms with Gasteiger partial charge in [0.15, 0.2) is 0 Å². The van der Waals surface area contributed by atoms with Gasteiger partial charge >= 0.3 is 0 Å². The molecule has 1 aromatic heterocycles. The molecule has 1 N–H and O–H groups in total. The molecule has 0 saturated heterocycles. The molecular weight excluding hydrogens is 126 g/mol. The third kappa shape index (κ3) is 1.07. The Bertz CT molecular complexity index is 228. The van der Waals surface area contributed by atoms with Crippen molar-refractivity contribution in [2.75, 3.05) is 0 Å². The molecule has 0 unspecified atom stereocenters. The van der Waals surface area contributed by atoms with Gasteiger partial charge < -0.3 is 5.41 Å².